The number of hydrogen-bond acceptors (Lipinski definition) is 4. The Hall–Kier alpha value is -2.24. The summed E-state index contributed by atoms with van der Waals surface area (Å²) in [5, 5.41) is 8.28. The summed E-state index contributed by atoms with van der Waals surface area (Å²) in [5.41, 5.74) is 7.57. The monoisotopic (exact) mass is 250 g/mol. The molecule has 1 aromatic rings. The summed E-state index contributed by atoms with van der Waals surface area (Å²) in [6.45, 7) is 2.50. The van der Waals surface area contributed by atoms with Gasteiger partial charge in [0, 0.05) is 32.6 Å². The highest BCUT2D eigenvalue weighted by Gasteiger charge is 2.06. The molecule has 0 saturated heterocycles. The molecule has 5 N–H and O–H groups in total. The second kappa shape index (κ2) is 6.48. The number of nitrogens with one attached hydrogen (secondary N) is 3. The zero-order chi connectivity index (χ0) is 13.5. The molecule has 0 unspecified atom stereocenters. The standard InChI is InChI=1S/C12H18N4O2/c1-8(17)15-5-6-16-11-7-9(12(18)14-2)3-4-10(11)13/h3-4,7,16H,5-6,13H2,1-2H3,(H,14,18)(H,15,17). The van der Waals surface area contributed by atoms with Crippen molar-refractivity contribution >= 4 is 23.2 Å². The number of nitrogens with two attached hydrogens (primary N) is 1. The Morgan fingerprint density at radius 1 is 1.28 bits per heavy atom. The Morgan fingerprint density at radius 2 is 2.00 bits per heavy atom. The van der Waals surface area contributed by atoms with Crippen molar-refractivity contribution in [3.05, 3.63) is 23.8 Å². The number of amides is 2. The lowest BCUT2D eigenvalue weighted by Crippen LogP contribution is -2.26. The van der Waals surface area contributed by atoms with E-state index >= 15 is 0 Å². The summed E-state index contributed by atoms with van der Waals surface area (Å²) in [6.07, 6.45) is 0. The average Bonchev–Trinajstić information content (AvgIpc) is 2.35. The van der Waals surface area contributed by atoms with E-state index in [1.165, 1.54) is 6.92 Å². The molecule has 2 amide bonds. The highest BCUT2D eigenvalue weighted by molar-refractivity contribution is 5.96. The lowest BCUT2D eigenvalue weighted by molar-refractivity contribution is -0.118. The minimum Gasteiger partial charge on any atom is -0.397 e. The molecule has 0 aromatic heterocycles. The zero-order valence-corrected chi connectivity index (χ0v) is 10.5. The number of rotatable bonds is 5. The number of benzene rings is 1. The van der Waals surface area contributed by atoms with Crippen LogP contribution in [-0.2, 0) is 4.79 Å². The molecule has 0 aliphatic carbocycles. The van der Waals surface area contributed by atoms with E-state index in [1.807, 2.05) is 0 Å². The second-order valence-electron chi connectivity index (χ2n) is 3.79. The Kier molecular flexibility index (Phi) is 4.98. The van der Waals surface area contributed by atoms with Crippen molar-refractivity contribution in [2.45, 2.75) is 6.92 Å². The van der Waals surface area contributed by atoms with Crippen LogP contribution in [0.2, 0.25) is 0 Å². The van der Waals surface area contributed by atoms with Gasteiger partial charge in [0.1, 0.15) is 0 Å². The van der Waals surface area contributed by atoms with Gasteiger partial charge in [-0.2, -0.15) is 0 Å². The van der Waals surface area contributed by atoms with E-state index < -0.39 is 0 Å². The van der Waals surface area contributed by atoms with Gasteiger partial charge in [-0.25, -0.2) is 0 Å². The summed E-state index contributed by atoms with van der Waals surface area (Å²) in [4.78, 5) is 22.1. The molecule has 0 aliphatic heterocycles. The van der Waals surface area contributed by atoms with Gasteiger partial charge in [0.25, 0.3) is 5.91 Å². The largest absolute Gasteiger partial charge is 0.397 e. The molecule has 0 fully saturated rings. The summed E-state index contributed by atoms with van der Waals surface area (Å²) < 4.78 is 0. The topological polar surface area (TPSA) is 96.2 Å². The van der Waals surface area contributed by atoms with E-state index in [-0.39, 0.29) is 11.8 Å². The number of carbonyl (C=O) groups is 2. The van der Waals surface area contributed by atoms with E-state index in [2.05, 4.69) is 16.0 Å². The number of hydrogen-bond donors (Lipinski definition) is 4. The van der Waals surface area contributed by atoms with Crippen LogP contribution in [0.15, 0.2) is 18.2 Å². The van der Waals surface area contributed by atoms with Gasteiger partial charge in [-0.3, -0.25) is 9.59 Å². The van der Waals surface area contributed by atoms with Crippen LogP contribution in [0.5, 0.6) is 0 Å². The fourth-order valence-corrected chi connectivity index (χ4v) is 1.43. The summed E-state index contributed by atoms with van der Waals surface area (Å²) in [7, 11) is 1.57. The Labute approximate surface area is 106 Å². The van der Waals surface area contributed by atoms with Crippen molar-refractivity contribution in [2.75, 3.05) is 31.2 Å². The molecule has 0 bridgehead atoms. The van der Waals surface area contributed by atoms with Crippen molar-refractivity contribution in [3.63, 3.8) is 0 Å². The van der Waals surface area contributed by atoms with E-state index in [0.29, 0.717) is 30.0 Å². The number of carbonyl (C=O) groups excluding carboxylic acids is 2. The fraction of sp³-hybridized carbons (Fsp3) is 0.333. The molecular formula is C12H18N4O2. The van der Waals surface area contributed by atoms with Gasteiger partial charge in [0.05, 0.1) is 11.4 Å². The van der Waals surface area contributed by atoms with Gasteiger partial charge in [0.15, 0.2) is 0 Å². The SMILES string of the molecule is CNC(=O)c1ccc(N)c(NCCNC(C)=O)c1. The molecule has 1 rings (SSSR count). The van der Waals surface area contributed by atoms with Crippen molar-refractivity contribution in [3.8, 4) is 0 Å². The third-order valence-corrected chi connectivity index (χ3v) is 2.36. The number of anilines is 2. The minimum atomic E-state index is -0.167. The van der Waals surface area contributed by atoms with E-state index in [0.717, 1.165) is 0 Å². The van der Waals surface area contributed by atoms with Crippen LogP contribution < -0.4 is 21.7 Å². The van der Waals surface area contributed by atoms with Crippen molar-refractivity contribution in [1.82, 2.24) is 10.6 Å². The van der Waals surface area contributed by atoms with Gasteiger partial charge in [-0.05, 0) is 18.2 Å². The van der Waals surface area contributed by atoms with E-state index in [4.69, 9.17) is 5.73 Å². The van der Waals surface area contributed by atoms with Crippen LogP contribution in [0.1, 0.15) is 17.3 Å². The highest BCUT2D eigenvalue weighted by Crippen LogP contribution is 2.19. The Balaban J connectivity index is 2.64. The first-order valence-corrected chi connectivity index (χ1v) is 5.64. The molecule has 0 spiro atoms. The van der Waals surface area contributed by atoms with E-state index in [9.17, 15) is 9.59 Å². The Bertz CT molecular complexity index is 446. The molecule has 0 atom stereocenters. The number of nitrogen functional groups attached to an aromatic ring is 1. The maximum Gasteiger partial charge on any atom is 0.251 e. The zero-order valence-electron chi connectivity index (χ0n) is 10.5. The smallest absolute Gasteiger partial charge is 0.251 e. The third kappa shape index (κ3) is 3.97. The molecule has 98 valence electrons. The van der Waals surface area contributed by atoms with Crippen molar-refractivity contribution in [2.24, 2.45) is 0 Å². The highest BCUT2D eigenvalue weighted by atomic mass is 16.2. The molecule has 0 radical (unpaired) electrons. The third-order valence-electron chi connectivity index (χ3n) is 2.36. The van der Waals surface area contributed by atoms with Gasteiger partial charge in [-0.15, -0.1) is 0 Å². The van der Waals surface area contributed by atoms with Crippen LogP contribution in [0.3, 0.4) is 0 Å². The van der Waals surface area contributed by atoms with Crippen molar-refractivity contribution < 1.29 is 9.59 Å². The van der Waals surface area contributed by atoms with Gasteiger partial charge in [-0.1, -0.05) is 0 Å². The quantitative estimate of drug-likeness (QED) is 0.442. The second-order valence-corrected chi connectivity index (χ2v) is 3.79. The molecule has 0 heterocycles. The van der Waals surface area contributed by atoms with Gasteiger partial charge >= 0.3 is 0 Å². The maximum atomic E-state index is 11.5. The Morgan fingerprint density at radius 3 is 2.61 bits per heavy atom. The van der Waals surface area contributed by atoms with E-state index in [1.54, 1.807) is 25.2 Å². The molecule has 6 nitrogen and oxygen atoms in total. The predicted molar refractivity (Wildman–Crippen MR) is 71.4 cm³/mol. The first-order valence-electron chi connectivity index (χ1n) is 5.64. The first kappa shape index (κ1) is 13.8. The van der Waals surface area contributed by atoms with Gasteiger partial charge < -0.3 is 21.7 Å². The summed E-state index contributed by atoms with van der Waals surface area (Å²) >= 11 is 0. The molecule has 1 aromatic carbocycles. The molecule has 6 heteroatoms. The van der Waals surface area contributed by atoms with Crippen molar-refractivity contribution in [1.29, 1.82) is 0 Å². The molecule has 18 heavy (non-hydrogen) atoms. The van der Waals surface area contributed by atoms with Crippen LogP contribution >= 0.6 is 0 Å². The average molecular weight is 250 g/mol. The summed E-state index contributed by atoms with van der Waals surface area (Å²) in [6, 6.07) is 5.01. The lowest BCUT2D eigenvalue weighted by atomic mass is 10.1. The normalized spacial score (nSPS) is 9.67. The van der Waals surface area contributed by atoms with Crippen LogP contribution in [0.25, 0.3) is 0 Å². The lowest BCUT2D eigenvalue weighted by Gasteiger charge is -2.11. The predicted octanol–water partition coefficient (Wildman–Crippen LogP) is 0.176. The molecular weight excluding hydrogens is 232 g/mol. The fourth-order valence-electron chi connectivity index (χ4n) is 1.43. The van der Waals surface area contributed by atoms with Crippen LogP contribution in [0, 0.1) is 0 Å². The molecule has 0 saturated carbocycles. The minimum absolute atomic E-state index is 0.0797. The van der Waals surface area contributed by atoms with Crippen LogP contribution in [0.4, 0.5) is 11.4 Å². The maximum absolute atomic E-state index is 11.5. The molecule has 0 aliphatic rings. The first-order chi connectivity index (χ1) is 8.54. The van der Waals surface area contributed by atoms with Crippen LogP contribution in [-0.4, -0.2) is 32.0 Å². The van der Waals surface area contributed by atoms with Gasteiger partial charge in [0.2, 0.25) is 5.91 Å². The summed E-state index contributed by atoms with van der Waals surface area (Å²) in [5.74, 6) is -0.246.